The molecule has 0 bridgehead atoms. The number of nitrogens with one attached hydrogen (secondary N) is 1. The van der Waals surface area contributed by atoms with E-state index < -0.39 is 5.97 Å². The van der Waals surface area contributed by atoms with Gasteiger partial charge < -0.3 is 24.6 Å². The molecule has 0 unspecified atom stereocenters. The Morgan fingerprint density at radius 3 is 2.88 bits per heavy atom. The molecule has 0 amide bonds. The van der Waals surface area contributed by atoms with Gasteiger partial charge in [0.15, 0.2) is 5.75 Å². The predicted molar refractivity (Wildman–Crippen MR) is 99.0 cm³/mol. The van der Waals surface area contributed by atoms with Gasteiger partial charge in [-0.15, -0.1) is 0 Å². The largest absolute Gasteiger partial charge is 0.477 e. The average molecular weight is 355 g/mol. The lowest BCUT2D eigenvalue weighted by Gasteiger charge is -2.11. The first-order chi connectivity index (χ1) is 12.5. The molecule has 0 fully saturated rings. The Balaban J connectivity index is 1.86. The fourth-order valence-electron chi connectivity index (χ4n) is 2.65. The summed E-state index contributed by atoms with van der Waals surface area (Å²) in [6.45, 7) is 1.57. The number of aromatic carboxylic acids is 1. The van der Waals surface area contributed by atoms with Crippen molar-refractivity contribution in [2.75, 3.05) is 32.5 Å². The molecule has 8 nitrogen and oxygen atoms in total. The summed E-state index contributed by atoms with van der Waals surface area (Å²) >= 11 is 0. The van der Waals surface area contributed by atoms with Crippen molar-refractivity contribution < 1.29 is 14.6 Å². The van der Waals surface area contributed by atoms with Crippen LogP contribution < -0.4 is 10.1 Å². The molecule has 0 aliphatic carbocycles. The molecule has 0 aliphatic rings. The van der Waals surface area contributed by atoms with E-state index in [2.05, 4.69) is 20.2 Å². The van der Waals surface area contributed by atoms with Gasteiger partial charge in [-0.25, -0.2) is 9.78 Å². The summed E-state index contributed by atoms with van der Waals surface area (Å²) in [7, 11) is 5.69. The molecular formula is C18H21N5O3. The van der Waals surface area contributed by atoms with E-state index in [0.717, 1.165) is 11.9 Å². The highest BCUT2D eigenvalue weighted by atomic mass is 16.5. The summed E-state index contributed by atoms with van der Waals surface area (Å²) in [4.78, 5) is 22.0. The molecule has 3 aromatic rings. The SMILES string of the molecule is CN(C)CCNc1nccc(Oc2cccc3cc(C(=O)O)n(C)c23)n1. The van der Waals surface area contributed by atoms with Crippen molar-refractivity contribution in [3.05, 3.63) is 42.2 Å². The van der Waals surface area contributed by atoms with Gasteiger partial charge in [0.25, 0.3) is 0 Å². The van der Waals surface area contributed by atoms with E-state index >= 15 is 0 Å². The number of aryl methyl sites for hydroxylation is 1. The van der Waals surface area contributed by atoms with Gasteiger partial charge in [0.2, 0.25) is 11.8 Å². The zero-order valence-corrected chi connectivity index (χ0v) is 14.9. The number of fused-ring (bicyclic) bond motifs is 1. The standard InChI is InChI=1S/C18H21N5O3/c1-22(2)10-9-20-18-19-8-7-15(21-18)26-14-6-4-5-12-11-13(17(24)25)23(3)16(12)14/h4-8,11H,9-10H2,1-3H3,(H,24,25)(H,19,20,21). The van der Waals surface area contributed by atoms with Crippen LogP contribution in [0.25, 0.3) is 10.9 Å². The lowest BCUT2D eigenvalue weighted by Crippen LogP contribution is -2.21. The van der Waals surface area contributed by atoms with Crippen LogP contribution in [0.4, 0.5) is 5.95 Å². The topological polar surface area (TPSA) is 92.5 Å². The maximum Gasteiger partial charge on any atom is 0.352 e. The quantitative estimate of drug-likeness (QED) is 0.672. The van der Waals surface area contributed by atoms with E-state index in [1.165, 1.54) is 0 Å². The molecule has 1 aromatic carbocycles. The maximum atomic E-state index is 11.4. The van der Waals surface area contributed by atoms with Gasteiger partial charge in [0, 0.05) is 37.8 Å². The van der Waals surface area contributed by atoms with Crippen LogP contribution in [0.2, 0.25) is 0 Å². The minimum atomic E-state index is -0.982. The summed E-state index contributed by atoms with van der Waals surface area (Å²) in [5.41, 5.74) is 0.899. The summed E-state index contributed by atoms with van der Waals surface area (Å²) in [6, 6.07) is 8.74. The van der Waals surface area contributed by atoms with Gasteiger partial charge in [0.1, 0.15) is 5.69 Å². The Morgan fingerprint density at radius 1 is 1.35 bits per heavy atom. The number of hydrogen-bond donors (Lipinski definition) is 2. The fraction of sp³-hybridized carbons (Fsp3) is 0.278. The molecule has 0 saturated carbocycles. The molecule has 0 atom stereocenters. The van der Waals surface area contributed by atoms with E-state index in [-0.39, 0.29) is 5.69 Å². The number of aromatic nitrogens is 3. The number of rotatable bonds is 7. The van der Waals surface area contributed by atoms with Crippen LogP contribution in [-0.2, 0) is 7.05 Å². The van der Waals surface area contributed by atoms with E-state index in [0.29, 0.717) is 29.6 Å². The number of likely N-dealkylation sites (N-methyl/N-ethyl adjacent to an activating group) is 1. The molecule has 2 N–H and O–H groups in total. The second-order valence-corrected chi connectivity index (χ2v) is 6.14. The van der Waals surface area contributed by atoms with Crippen molar-refractivity contribution in [3.63, 3.8) is 0 Å². The minimum Gasteiger partial charge on any atom is -0.477 e. The lowest BCUT2D eigenvalue weighted by molar-refractivity contribution is 0.0687. The highest BCUT2D eigenvalue weighted by Crippen LogP contribution is 2.31. The van der Waals surface area contributed by atoms with Gasteiger partial charge in [-0.2, -0.15) is 4.98 Å². The molecule has 0 saturated heterocycles. The Kier molecular flexibility index (Phi) is 5.04. The molecule has 0 aliphatic heterocycles. The smallest absolute Gasteiger partial charge is 0.352 e. The zero-order valence-electron chi connectivity index (χ0n) is 14.9. The zero-order chi connectivity index (χ0) is 18.7. The fourth-order valence-corrected chi connectivity index (χ4v) is 2.65. The van der Waals surface area contributed by atoms with E-state index in [4.69, 9.17) is 4.74 Å². The number of carboxylic acids is 1. The first kappa shape index (κ1) is 17.7. The molecule has 2 heterocycles. The van der Waals surface area contributed by atoms with E-state index in [1.807, 2.05) is 26.2 Å². The minimum absolute atomic E-state index is 0.199. The number of hydrogen-bond acceptors (Lipinski definition) is 6. The molecule has 8 heteroatoms. The van der Waals surface area contributed by atoms with Crippen molar-refractivity contribution in [2.45, 2.75) is 0 Å². The first-order valence-corrected chi connectivity index (χ1v) is 8.17. The van der Waals surface area contributed by atoms with Crippen LogP contribution in [0.5, 0.6) is 11.6 Å². The predicted octanol–water partition coefficient (Wildman–Crippen LogP) is 2.43. The number of carboxylic acid groups (broad SMARTS) is 1. The highest BCUT2D eigenvalue weighted by Gasteiger charge is 2.16. The number of ether oxygens (including phenoxy) is 1. The van der Waals surface area contributed by atoms with Gasteiger partial charge in [-0.1, -0.05) is 12.1 Å². The van der Waals surface area contributed by atoms with Crippen LogP contribution in [0.15, 0.2) is 36.5 Å². The summed E-state index contributed by atoms with van der Waals surface area (Å²) in [5.74, 6) is 0.423. The van der Waals surface area contributed by atoms with Gasteiger partial charge in [-0.3, -0.25) is 0 Å². The third kappa shape index (κ3) is 3.75. The number of carbonyl (C=O) groups is 1. The van der Waals surface area contributed by atoms with Crippen molar-refractivity contribution in [3.8, 4) is 11.6 Å². The number of anilines is 1. The first-order valence-electron chi connectivity index (χ1n) is 8.17. The Hall–Kier alpha value is -3.13. The molecule has 2 aromatic heterocycles. The summed E-state index contributed by atoms with van der Waals surface area (Å²) in [6.07, 6.45) is 1.62. The van der Waals surface area contributed by atoms with Crippen LogP contribution in [0, 0.1) is 0 Å². The van der Waals surface area contributed by atoms with Gasteiger partial charge in [0.05, 0.1) is 5.52 Å². The van der Waals surface area contributed by atoms with Gasteiger partial charge >= 0.3 is 5.97 Å². The molecule has 3 rings (SSSR count). The van der Waals surface area contributed by atoms with Crippen LogP contribution in [0.1, 0.15) is 10.5 Å². The van der Waals surface area contributed by atoms with Crippen molar-refractivity contribution in [2.24, 2.45) is 7.05 Å². The van der Waals surface area contributed by atoms with E-state index in [1.54, 1.807) is 36.0 Å². The van der Waals surface area contributed by atoms with E-state index in [9.17, 15) is 9.90 Å². The average Bonchev–Trinajstić information content (AvgIpc) is 2.93. The Labute approximate surface area is 151 Å². The molecule has 136 valence electrons. The van der Waals surface area contributed by atoms with Crippen LogP contribution in [-0.4, -0.2) is 57.7 Å². The number of benzene rings is 1. The number of nitrogens with zero attached hydrogens (tertiary/aromatic N) is 4. The lowest BCUT2D eigenvalue weighted by atomic mass is 10.2. The van der Waals surface area contributed by atoms with Crippen molar-refractivity contribution >= 4 is 22.8 Å². The summed E-state index contributed by atoms with van der Waals surface area (Å²) in [5, 5.41) is 13.2. The van der Waals surface area contributed by atoms with Crippen LogP contribution >= 0.6 is 0 Å². The molecule has 26 heavy (non-hydrogen) atoms. The molecule has 0 radical (unpaired) electrons. The molecule has 0 spiro atoms. The van der Waals surface area contributed by atoms with Crippen molar-refractivity contribution in [1.82, 2.24) is 19.4 Å². The number of para-hydroxylation sites is 1. The Bertz CT molecular complexity index is 936. The van der Waals surface area contributed by atoms with Crippen LogP contribution in [0.3, 0.4) is 0 Å². The van der Waals surface area contributed by atoms with Crippen molar-refractivity contribution in [1.29, 1.82) is 0 Å². The van der Waals surface area contributed by atoms with Gasteiger partial charge in [-0.05, 0) is 26.2 Å². The third-order valence-electron chi connectivity index (χ3n) is 3.93. The third-order valence-corrected chi connectivity index (χ3v) is 3.93. The second-order valence-electron chi connectivity index (χ2n) is 6.14. The second kappa shape index (κ2) is 7.40. The monoisotopic (exact) mass is 355 g/mol. The Morgan fingerprint density at radius 2 is 2.15 bits per heavy atom. The maximum absolute atomic E-state index is 11.4. The molecular weight excluding hydrogens is 334 g/mol. The highest BCUT2D eigenvalue weighted by molar-refractivity contribution is 5.96. The summed E-state index contributed by atoms with van der Waals surface area (Å²) < 4.78 is 7.52. The normalized spacial score (nSPS) is 11.1.